The van der Waals surface area contributed by atoms with Gasteiger partial charge in [-0.05, 0) is 38.0 Å². The Morgan fingerprint density at radius 2 is 2.00 bits per heavy atom. The Hall–Kier alpha value is -0.450. The fraction of sp³-hybridized carbons (Fsp3) is 0.786. The molecule has 1 fully saturated rings. The van der Waals surface area contributed by atoms with E-state index >= 15 is 0 Å². The second-order valence-electron chi connectivity index (χ2n) is 6.35. The largest absolute Gasteiger partial charge is 0.389 e. The normalized spacial score (nSPS) is 22.0. The molecule has 1 aliphatic rings. The number of aryl methyl sites for hydroxylation is 1. The lowest BCUT2D eigenvalue weighted by atomic mass is 9.71. The molecule has 18 heavy (non-hydrogen) atoms. The lowest BCUT2D eigenvalue weighted by molar-refractivity contribution is -0.0244. The number of aliphatic hydroxyl groups is 1. The van der Waals surface area contributed by atoms with Crippen LogP contribution in [0.1, 0.15) is 50.1 Å². The Morgan fingerprint density at radius 3 is 2.56 bits per heavy atom. The third-order valence-corrected chi connectivity index (χ3v) is 5.05. The summed E-state index contributed by atoms with van der Waals surface area (Å²) in [4.78, 5) is 5.51. The van der Waals surface area contributed by atoms with Crippen molar-refractivity contribution in [2.75, 3.05) is 6.54 Å². The predicted molar refractivity (Wildman–Crippen MR) is 75.8 cm³/mol. The van der Waals surface area contributed by atoms with E-state index in [-0.39, 0.29) is 0 Å². The topological polar surface area (TPSA) is 45.2 Å². The minimum absolute atomic E-state index is 0.403. The van der Waals surface area contributed by atoms with Gasteiger partial charge in [0.2, 0.25) is 0 Å². The summed E-state index contributed by atoms with van der Waals surface area (Å²) < 4.78 is 0. The Morgan fingerprint density at radius 1 is 1.33 bits per heavy atom. The molecular weight excluding hydrogens is 244 g/mol. The Balaban J connectivity index is 1.78. The molecule has 1 saturated carbocycles. The van der Waals surface area contributed by atoms with Crippen molar-refractivity contribution in [3.8, 4) is 0 Å². The first-order chi connectivity index (χ1) is 8.40. The fourth-order valence-corrected chi connectivity index (χ4v) is 3.22. The molecular formula is C14H24N2OS. The average Bonchev–Trinajstić information content (AvgIpc) is 2.70. The van der Waals surface area contributed by atoms with Crippen LogP contribution in [0.25, 0.3) is 0 Å². The number of aromatic nitrogens is 1. The minimum Gasteiger partial charge on any atom is -0.389 e. The van der Waals surface area contributed by atoms with Crippen molar-refractivity contribution in [1.82, 2.24) is 10.3 Å². The van der Waals surface area contributed by atoms with Gasteiger partial charge in [0.05, 0.1) is 16.8 Å². The summed E-state index contributed by atoms with van der Waals surface area (Å²) in [6, 6.07) is 0. The van der Waals surface area contributed by atoms with Gasteiger partial charge in [-0.2, -0.15) is 0 Å². The molecule has 1 aromatic heterocycles. The third-order valence-electron chi connectivity index (χ3n) is 4.12. The van der Waals surface area contributed by atoms with E-state index in [1.54, 1.807) is 11.3 Å². The van der Waals surface area contributed by atoms with Crippen LogP contribution in [0.15, 0.2) is 5.51 Å². The molecule has 0 atom stereocenters. The van der Waals surface area contributed by atoms with E-state index in [0.717, 1.165) is 37.9 Å². The van der Waals surface area contributed by atoms with Crippen LogP contribution < -0.4 is 5.32 Å². The zero-order valence-electron chi connectivity index (χ0n) is 11.6. The van der Waals surface area contributed by atoms with E-state index in [9.17, 15) is 5.11 Å². The van der Waals surface area contributed by atoms with Crippen LogP contribution in [-0.2, 0) is 6.54 Å². The zero-order valence-corrected chi connectivity index (χ0v) is 12.4. The molecule has 102 valence electrons. The molecule has 1 heterocycles. The number of rotatable bonds is 4. The smallest absolute Gasteiger partial charge is 0.0798 e. The number of hydrogen-bond donors (Lipinski definition) is 2. The van der Waals surface area contributed by atoms with Crippen molar-refractivity contribution < 1.29 is 5.11 Å². The standard InChI is InChI=1S/C14H24N2OS/c1-11-12(18-10-16-11)8-15-9-14(17)6-4-13(2,3)5-7-14/h10,15,17H,4-9H2,1-3H3. The molecule has 1 aromatic rings. The van der Waals surface area contributed by atoms with E-state index in [0.29, 0.717) is 12.0 Å². The summed E-state index contributed by atoms with van der Waals surface area (Å²) in [5.41, 5.74) is 2.88. The quantitative estimate of drug-likeness (QED) is 0.882. The predicted octanol–water partition coefficient (Wildman–Crippen LogP) is 2.87. The highest BCUT2D eigenvalue weighted by atomic mass is 32.1. The van der Waals surface area contributed by atoms with Crippen molar-refractivity contribution in [2.45, 2.75) is 58.6 Å². The van der Waals surface area contributed by atoms with Crippen LogP contribution in [0, 0.1) is 12.3 Å². The maximum Gasteiger partial charge on any atom is 0.0798 e. The third kappa shape index (κ3) is 3.53. The van der Waals surface area contributed by atoms with Gasteiger partial charge in [-0.15, -0.1) is 11.3 Å². The van der Waals surface area contributed by atoms with E-state index in [1.807, 2.05) is 12.4 Å². The zero-order chi connectivity index (χ0) is 13.2. The molecule has 0 spiro atoms. The summed E-state index contributed by atoms with van der Waals surface area (Å²) in [6.45, 7) is 8.13. The summed E-state index contributed by atoms with van der Waals surface area (Å²) in [6.07, 6.45) is 4.05. The monoisotopic (exact) mass is 268 g/mol. The maximum atomic E-state index is 10.5. The first-order valence-electron chi connectivity index (χ1n) is 6.72. The Labute approximate surface area is 114 Å². The van der Waals surface area contributed by atoms with Gasteiger partial charge in [-0.1, -0.05) is 13.8 Å². The lowest BCUT2D eigenvalue weighted by Gasteiger charge is -2.40. The molecule has 3 nitrogen and oxygen atoms in total. The van der Waals surface area contributed by atoms with Crippen molar-refractivity contribution in [3.63, 3.8) is 0 Å². The SMILES string of the molecule is Cc1ncsc1CNCC1(O)CCC(C)(C)CC1. The number of nitrogens with one attached hydrogen (secondary N) is 1. The number of nitrogens with zero attached hydrogens (tertiary/aromatic N) is 1. The van der Waals surface area contributed by atoms with Gasteiger partial charge in [0.15, 0.2) is 0 Å². The first-order valence-corrected chi connectivity index (χ1v) is 7.60. The van der Waals surface area contributed by atoms with Crippen molar-refractivity contribution >= 4 is 11.3 Å². The molecule has 0 saturated heterocycles. The number of hydrogen-bond acceptors (Lipinski definition) is 4. The van der Waals surface area contributed by atoms with Gasteiger partial charge in [-0.25, -0.2) is 4.98 Å². The van der Waals surface area contributed by atoms with E-state index < -0.39 is 5.60 Å². The summed E-state index contributed by atoms with van der Waals surface area (Å²) in [5, 5.41) is 13.9. The van der Waals surface area contributed by atoms with E-state index in [2.05, 4.69) is 24.1 Å². The number of thiazole rings is 1. The molecule has 0 unspecified atom stereocenters. The van der Waals surface area contributed by atoms with Crippen molar-refractivity contribution in [2.24, 2.45) is 5.41 Å². The molecule has 0 amide bonds. The van der Waals surface area contributed by atoms with Crippen LogP contribution in [0.4, 0.5) is 0 Å². The molecule has 0 aromatic carbocycles. The van der Waals surface area contributed by atoms with Crippen molar-refractivity contribution in [1.29, 1.82) is 0 Å². The average molecular weight is 268 g/mol. The van der Waals surface area contributed by atoms with Gasteiger partial charge in [0, 0.05) is 18.0 Å². The van der Waals surface area contributed by atoms with Crippen molar-refractivity contribution in [3.05, 3.63) is 16.1 Å². The molecule has 1 aliphatic carbocycles. The van der Waals surface area contributed by atoms with Crippen LogP contribution in [0.5, 0.6) is 0 Å². The molecule has 2 N–H and O–H groups in total. The highest BCUT2D eigenvalue weighted by molar-refractivity contribution is 7.09. The lowest BCUT2D eigenvalue weighted by Crippen LogP contribution is -2.44. The maximum absolute atomic E-state index is 10.5. The van der Waals surface area contributed by atoms with Crippen LogP contribution in [0.2, 0.25) is 0 Å². The molecule has 0 bridgehead atoms. The second-order valence-corrected chi connectivity index (χ2v) is 7.29. The van der Waals surface area contributed by atoms with Gasteiger partial charge in [0.25, 0.3) is 0 Å². The van der Waals surface area contributed by atoms with Crippen LogP contribution in [0.3, 0.4) is 0 Å². The summed E-state index contributed by atoms with van der Waals surface area (Å²) >= 11 is 1.68. The van der Waals surface area contributed by atoms with Crippen LogP contribution in [-0.4, -0.2) is 22.2 Å². The molecule has 2 rings (SSSR count). The first kappa shape index (κ1) is 14.0. The Kier molecular flexibility index (Phi) is 4.09. The fourth-order valence-electron chi connectivity index (χ4n) is 2.47. The summed E-state index contributed by atoms with van der Waals surface area (Å²) in [7, 11) is 0. The van der Waals surface area contributed by atoms with Gasteiger partial charge < -0.3 is 10.4 Å². The molecule has 0 radical (unpaired) electrons. The molecule has 4 heteroatoms. The highest BCUT2D eigenvalue weighted by Gasteiger charge is 2.36. The van der Waals surface area contributed by atoms with Gasteiger partial charge in [-0.3, -0.25) is 0 Å². The van der Waals surface area contributed by atoms with E-state index in [4.69, 9.17) is 0 Å². The van der Waals surface area contributed by atoms with Crippen LogP contribution >= 0.6 is 11.3 Å². The summed E-state index contributed by atoms with van der Waals surface area (Å²) in [5.74, 6) is 0. The van der Waals surface area contributed by atoms with E-state index in [1.165, 1.54) is 4.88 Å². The Bertz CT molecular complexity index is 390. The van der Waals surface area contributed by atoms with Gasteiger partial charge >= 0.3 is 0 Å². The van der Waals surface area contributed by atoms with Gasteiger partial charge in [0.1, 0.15) is 0 Å². The highest BCUT2D eigenvalue weighted by Crippen LogP contribution is 2.39. The minimum atomic E-state index is -0.506. The molecule has 0 aliphatic heterocycles. The second kappa shape index (κ2) is 5.27.